The van der Waals surface area contributed by atoms with Crippen molar-refractivity contribution in [2.45, 2.75) is 13.8 Å². The third-order valence-corrected chi connectivity index (χ3v) is 11.0. The van der Waals surface area contributed by atoms with E-state index in [0.717, 1.165) is 44.2 Å². The van der Waals surface area contributed by atoms with Crippen LogP contribution < -0.4 is 25.0 Å². The van der Waals surface area contributed by atoms with Gasteiger partial charge in [0.25, 0.3) is 0 Å². The molecule has 5 heteroatoms. The molecule has 0 amide bonds. The molecule has 7 rings (SSSR count). The summed E-state index contributed by atoms with van der Waals surface area (Å²) < 4.78 is 33.4. The summed E-state index contributed by atoms with van der Waals surface area (Å²) in [6, 6.07) is 35.2. The third-order valence-electron chi connectivity index (χ3n) is 7.92. The van der Waals surface area contributed by atoms with E-state index in [4.69, 9.17) is 0 Å². The summed E-state index contributed by atoms with van der Waals surface area (Å²) in [4.78, 5) is 0. The molecule has 0 saturated heterocycles. The lowest BCUT2D eigenvalue weighted by Gasteiger charge is -2.15. The molecular weight excluding hydrogens is 526 g/mol. The molecular formula is C36H28FN2OP+2. The zero-order chi connectivity index (χ0) is 28.1. The van der Waals surface area contributed by atoms with Crippen molar-refractivity contribution in [2.75, 3.05) is 0 Å². The summed E-state index contributed by atoms with van der Waals surface area (Å²) >= 11 is 0. The van der Waals surface area contributed by atoms with Gasteiger partial charge in [0.1, 0.15) is 5.82 Å². The number of halogens is 1. The molecule has 1 atom stereocenters. The van der Waals surface area contributed by atoms with Crippen molar-refractivity contribution in [2.24, 2.45) is 0 Å². The molecule has 0 aliphatic carbocycles. The molecule has 0 saturated carbocycles. The Kier molecular flexibility index (Phi) is 6.03. The van der Waals surface area contributed by atoms with Gasteiger partial charge >= 0.3 is 0 Å². The summed E-state index contributed by atoms with van der Waals surface area (Å²) in [6.07, 6.45) is 8.09. The Bertz CT molecular complexity index is 1960. The maximum absolute atomic E-state index is 15.3. The number of hydrogen-bond acceptors (Lipinski definition) is 1. The highest BCUT2D eigenvalue weighted by molar-refractivity contribution is 7.86. The van der Waals surface area contributed by atoms with Crippen LogP contribution in [0.15, 0.2) is 134 Å². The summed E-state index contributed by atoms with van der Waals surface area (Å²) in [5.41, 5.74) is 8.42. The van der Waals surface area contributed by atoms with E-state index in [2.05, 4.69) is 97.3 Å². The fraction of sp³-hybridized carbons (Fsp3) is 0.0556. The zero-order valence-corrected chi connectivity index (χ0v) is 23.7. The van der Waals surface area contributed by atoms with Gasteiger partial charge in [-0.2, -0.15) is 9.13 Å². The van der Waals surface area contributed by atoms with Gasteiger partial charge in [0.15, 0.2) is 31.9 Å². The Balaban J connectivity index is 1.36. The van der Waals surface area contributed by atoms with Crippen LogP contribution in [0.1, 0.15) is 11.1 Å². The molecule has 6 aromatic rings. The van der Waals surface area contributed by atoms with Gasteiger partial charge < -0.3 is 4.57 Å². The number of nitrogens with zero attached hydrogens (tertiary/aromatic N) is 2. The Morgan fingerprint density at radius 1 is 0.561 bits per heavy atom. The number of rotatable bonds is 4. The quantitative estimate of drug-likeness (QED) is 0.186. The minimum absolute atomic E-state index is 0.345. The average Bonchev–Trinajstić information content (AvgIpc) is 3.26. The van der Waals surface area contributed by atoms with Crippen LogP contribution in [0.5, 0.6) is 0 Å². The Morgan fingerprint density at radius 3 is 1.76 bits per heavy atom. The molecule has 1 aliphatic heterocycles. The maximum Gasteiger partial charge on any atom is 0.210 e. The van der Waals surface area contributed by atoms with Gasteiger partial charge in [-0.1, -0.05) is 47.5 Å². The normalized spacial score (nSPS) is 15.4. The molecule has 198 valence electrons. The number of fused-ring (bicyclic) bond motifs is 3. The molecule has 4 aromatic carbocycles. The highest BCUT2D eigenvalue weighted by Gasteiger charge is 2.42. The summed E-state index contributed by atoms with van der Waals surface area (Å²) in [5, 5.41) is 2.18. The fourth-order valence-corrected chi connectivity index (χ4v) is 8.67. The van der Waals surface area contributed by atoms with E-state index in [1.807, 2.05) is 35.4 Å². The summed E-state index contributed by atoms with van der Waals surface area (Å²) in [5.74, 6) is -0.345. The van der Waals surface area contributed by atoms with Crippen LogP contribution >= 0.6 is 7.14 Å². The molecule has 3 heterocycles. The Hall–Kier alpha value is -4.66. The van der Waals surface area contributed by atoms with Crippen molar-refractivity contribution in [1.29, 1.82) is 0 Å². The first-order valence-corrected chi connectivity index (χ1v) is 15.3. The van der Waals surface area contributed by atoms with Gasteiger partial charge in [-0.25, -0.2) is 4.39 Å². The van der Waals surface area contributed by atoms with Crippen LogP contribution in [0.3, 0.4) is 0 Å². The lowest BCUT2D eigenvalue weighted by Crippen LogP contribution is -2.35. The van der Waals surface area contributed by atoms with E-state index in [1.165, 1.54) is 23.3 Å². The minimum Gasteiger partial charge on any atom is -0.308 e. The van der Waals surface area contributed by atoms with E-state index in [0.29, 0.717) is 5.30 Å². The molecule has 3 nitrogen and oxygen atoms in total. The highest BCUT2D eigenvalue weighted by atomic mass is 31.2. The van der Waals surface area contributed by atoms with E-state index in [9.17, 15) is 4.39 Å². The number of benzene rings is 4. The molecule has 0 fully saturated rings. The van der Waals surface area contributed by atoms with Gasteiger partial charge in [0, 0.05) is 58.6 Å². The lowest BCUT2D eigenvalue weighted by atomic mass is 10.0. The van der Waals surface area contributed by atoms with E-state index in [1.54, 1.807) is 12.1 Å². The first-order valence-electron chi connectivity index (χ1n) is 13.6. The van der Waals surface area contributed by atoms with Crippen LogP contribution in [0, 0.1) is 19.7 Å². The molecule has 0 radical (unpaired) electrons. The number of pyridine rings is 2. The number of aryl methyl sites for hydroxylation is 2. The predicted octanol–water partition coefficient (Wildman–Crippen LogP) is 6.28. The van der Waals surface area contributed by atoms with Gasteiger partial charge in [-0.15, -0.1) is 0 Å². The van der Waals surface area contributed by atoms with Crippen LogP contribution in [0.2, 0.25) is 0 Å². The average molecular weight is 555 g/mol. The highest BCUT2D eigenvalue weighted by Crippen LogP contribution is 2.52. The zero-order valence-electron chi connectivity index (χ0n) is 22.8. The molecule has 0 bridgehead atoms. The van der Waals surface area contributed by atoms with Crippen molar-refractivity contribution in [3.05, 3.63) is 151 Å². The molecule has 0 N–H and O–H groups in total. The first-order chi connectivity index (χ1) is 19.9. The van der Waals surface area contributed by atoms with Crippen LogP contribution in [0.4, 0.5) is 4.39 Å². The van der Waals surface area contributed by atoms with Gasteiger partial charge in [0.2, 0.25) is 11.4 Å². The topological polar surface area (TPSA) is 24.8 Å². The monoisotopic (exact) mass is 554 g/mol. The third kappa shape index (κ3) is 4.32. The van der Waals surface area contributed by atoms with Gasteiger partial charge in [-0.3, -0.25) is 0 Å². The summed E-state index contributed by atoms with van der Waals surface area (Å²) in [7, 11) is -3.28. The second-order valence-electron chi connectivity index (χ2n) is 10.6. The SMILES string of the molecule is Cc1ccc(-[n+]2ccc(-c3ccc4c(c3)P(=O)(c3ccc(F)cc3)c3c[n+](-c5ccc(C)cc5)ccc3-4)cc2)cc1. The lowest BCUT2D eigenvalue weighted by molar-refractivity contribution is -0.595. The summed E-state index contributed by atoms with van der Waals surface area (Å²) in [6.45, 7) is 4.14. The van der Waals surface area contributed by atoms with Crippen LogP contribution in [0.25, 0.3) is 33.6 Å². The standard InChI is InChI=1S/C36H28FN2OP/c1-25-3-10-30(11-4-25)38-20-17-27(18-21-38)28-7-16-33-34-19-22-39(31-12-5-26(2)6-13-31)24-36(34)41(40,35(33)23-28)32-14-8-29(37)9-15-32/h3-24H,1-2H3/q+2. The van der Waals surface area contributed by atoms with E-state index >= 15 is 4.57 Å². The van der Waals surface area contributed by atoms with Crippen LogP contribution in [-0.2, 0) is 4.57 Å². The van der Waals surface area contributed by atoms with Gasteiger partial charge in [0.05, 0.1) is 5.30 Å². The van der Waals surface area contributed by atoms with Crippen molar-refractivity contribution in [1.82, 2.24) is 0 Å². The fourth-order valence-electron chi connectivity index (χ4n) is 5.61. The molecule has 1 unspecified atom stereocenters. The number of aromatic nitrogens is 2. The Morgan fingerprint density at radius 2 is 1.12 bits per heavy atom. The predicted molar refractivity (Wildman–Crippen MR) is 163 cm³/mol. The molecule has 2 aromatic heterocycles. The van der Waals surface area contributed by atoms with E-state index < -0.39 is 7.14 Å². The van der Waals surface area contributed by atoms with Crippen molar-refractivity contribution in [3.63, 3.8) is 0 Å². The first kappa shape index (κ1) is 25.3. The maximum atomic E-state index is 15.3. The second-order valence-corrected chi connectivity index (χ2v) is 13.3. The second kappa shape index (κ2) is 9.76. The molecule has 41 heavy (non-hydrogen) atoms. The van der Waals surface area contributed by atoms with Crippen molar-refractivity contribution < 1.29 is 18.1 Å². The molecule has 0 spiro atoms. The smallest absolute Gasteiger partial charge is 0.210 e. The van der Waals surface area contributed by atoms with Crippen LogP contribution in [-0.4, -0.2) is 0 Å². The van der Waals surface area contributed by atoms with E-state index in [-0.39, 0.29) is 5.82 Å². The van der Waals surface area contributed by atoms with Crippen molar-refractivity contribution in [3.8, 4) is 33.6 Å². The Labute approximate surface area is 239 Å². The van der Waals surface area contributed by atoms with Crippen molar-refractivity contribution >= 4 is 23.1 Å². The number of hydrogen-bond donors (Lipinski definition) is 0. The largest absolute Gasteiger partial charge is 0.308 e. The van der Waals surface area contributed by atoms with Gasteiger partial charge in [-0.05, 0) is 60.9 Å². The molecule has 1 aliphatic rings. The minimum atomic E-state index is -3.28.